The first-order valence-electron chi connectivity index (χ1n) is 5.87. The van der Waals surface area contributed by atoms with Crippen LogP contribution in [0, 0.1) is 25.2 Å². The molecule has 0 aliphatic carbocycles. The van der Waals surface area contributed by atoms with E-state index in [-0.39, 0.29) is 5.97 Å². The molecule has 0 aliphatic heterocycles. The molecule has 1 heterocycles. The summed E-state index contributed by atoms with van der Waals surface area (Å²) in [6, 6.07) is 11.2. The van der Waals surface area contributed by atoms with Crippen LogP contribution in [0.4, 0.5) is 0 Å². The van der Waals surface area contributed by atoms with Crippen LogP contribution < -0.4 is 0 Å². The van der Waals surface area contributed by atoms with E-state index in [4.69, 9.17) is 10.00 Å². The highest BCUT2D eigenvalue weighted by molar-refractivity contribution is 5.93. The average Bonchev–Trinajstić information content (AvgIpc) is 2.72. The molecule has 19 heavy (non-hydrogen) atoms. The molecule has 0 saturated carbocycles. The number of esters is 1. The minimum atomic E-state index is -0.387. The van der Waals surface area contributed by atoms with Gasteiger partial charge < -0.3 is 9.30 Å². The zero-order chi connectivity index (χ0) is 14.0. The second-order valence-electron chi connectivity index (χ2n) is 4.24. The molecule has 0 radical (unpaired) electrons. The summed E-state index contributed by atoms with van der Waals surface area (Å²) in [7, 11) is 1.36. The summed E-state index contributed by atoms with van der Waals surface area (Å²) in [5.41, 5.74) is 3.54. The van der Waals surface area contributed by atoms with E-state index in [1.807, 2.05) is 36.6 Å². The Morgan fingerprint density at radius 3 is 2.58 bits per heavy atom. The van der Waals surface area contributed by atoms with E-state index >= 15 is 0 Å². The Morgan fingerprint density at radius 2 is 2.00 bits per heavy atom. The molecule has 0 atom stereocenters. The van der Waals surface area contributed by atoms with Gasteiger partial charge in [0.1, 0.15) is 6.07 Å². The number of nitriles is 1. The maximum Gasteiger partial charge on any atom is 0.339 e. The normalized spacial score (nSPS) is 10.0. The van der Waals surface area contributed by atoms with E-state index in [2.05, 4.69) is 6.07 Å². The highest BCUT2D eigenvalue weighted by Crippen LogP contribution is 2.23. The van der Waals surface area contributed by atoms with Crippen LogP contribution in [0.3, 0.4) is 0 Å². The van der Waals surface area contributed by atoms with Crippen molar-refractivity contribution in [2.24, 2.45) is 0 Å². The molecule has 0 spiro atoms. The summed E-state index contributed by atoms with van der Waals surface area (Å²) in [5, 5.41) is 9.07. The lowest BCUT2D eigenvalue weighted by Crippen LogP contribution is -2.09. The van der Waals surface area contributed by atoms with Gasteiger partial charge in [-0.3, -0.25) is 0 Å². The first-order valence-corrected chi connectivity index (χ1v) is 5.87. The van der Waals surface area contributed by atoms with Crippen molar-refractivity contribution in [1.82, 2.24) is 4.57 Å². The smallest absolute Gasteiger partial charge is 0.339 e. The fraction of sp³-hybridized carbons (Fsp3) is 0.200. The molecule has 2 aromatic rings. The molecule has 0 unspecified atom stereocenters. The number of aromatic nitrogens is 1. The third kappa shape index (κ3) is 2.11. The largest absolute Gasteiger partial charge is 0.465 e. The Bertz CT molecular complexity index is 678. The third-order valence-corrected chi connectivity index (χ3v) is 3.10. The number of hydrogen-bond acceptors (Lipinski definition) is 3. The molecule has 0 bridgehead atoms. The van der Waals surface area contributed by atoms with Gasteiger partial charge in [0.15, 0.2) is 0 Å². The predicted octanol–water partition coefficient (Wildman–Crippen LogP) is 2.75. The second kappa shape index (κ2) is 4.99. The average molecular weight is 254 g/mol. The zero-order valence-electron chi connectivity index (χ0n) is 11.1. The molecule has 1 aromatic carbocycles. The first kappa shape index (κ1) is 12.9. The van der Waals surface area contributed by atoms with E-state index in [1.54, 1.807) is 12.1 Å². The molecule has 4 nitrogen and oxygen atoms in total. The molecular formula is C15H14N2O2. The second-order valence-corrected chi connectivity index (χ2v) is 4.24. The number of hydrogen-bond donors (Lipinski definition) is 0. The van der Waals surface area contributed by atoms with E-state index < -0.39 is 0 Å². The number of ether oxygens (including phenoxy) is 1. The lowest BCUT2D eigenvalue weighted by Gasteiger charge is -2.13. The Morgan fingerprint density at radius 1 is 1.32 bits per heavy atom. The number of carbonyl (C=O) groups excluding carboxylic acids is 1. The number of para-hydroxylation sites is 1. The van der Waals surface area contributed by atoms with E-state index in [0.29, 0.717) is 11.1 Å². The molecule has 0 saturated heterocycles. The van der Waals surface area contributed by atoms with Crippen LogP contribution in [-0.2, 0) is 4.74 Å². The molecule has 0 amide bonds. The summed E-state index contributed by atoms with van der Waals surface area (Å²) in [5.74, 6) is -0.387. The van der Waals surface area contributed by atoms with E-state index in [1.165, 1.54) is 7.11 Å². The Balaban J connectivity index is 2.70. The lowest BCUT2D eigenvalue weighted by atomic mass is 10.1. The van der Waals surface area contributed by atoms with Crippen LogP contribution in [-0.4, -0.2) is 17.6 Å². The summed E-state index contributed by atoms with van der Waals surface area (Å²) < 4.78 is 6.69. The Kier molecular flexibility index (Phi) is 3.39. The van der Waals surface area contributed by atoms with Gasteiger partial charge in [0.25, 0.3) is 0 Å². The van der Waals surface area contributed by atoms with Crippen LogP contribution in [0.5, 0.6) is 0 Å². The highest BCUT2D eigenvalue weighted by Gasteiger charge is 2.17. The summed E-state index contributed by atoms with van der Waals surface area (Å²) >= 11 is 0. The van der Waals surface area contributed by atoms with Gasteiger partial charge in [-0.15, -0.1) is 0 Å². The molecule has 96 valence electrons. The Hall–Kier alpha value is -2.54. The number of benzene rings is 1. The molecular weight excluding hydrogens is 240 g/mol. The van der Waals surface area contributed by atoms with Crippen LogP contribution in [0.2, 0.25) is 0 Å². The van der Waals surface area contributed by atoms with Crippen molar-refractivity contribution < 1.29 is 9.53 Å². The zero-order valence-corrected chi connectivity index (χ0v) is 11.1. The predicted molar refractivity (Wildman–Crippen MR) is 71.3 cm³/mol. The number of nitrogens with zero attached hydrogens (tertiary/aromatic N) is 2. The number of aryl methyl sites for hydroxylation is 1. The molecule has 0 fully saturated rings. The van der Waals surface area contributed by atoms with E-state index in [9.17, 15) is 4.79 Å². The van der Waals surface area contributed by atoms with Gasteiger partial charge in [-0.2, -0.15) is 5.26 Å². The molecule has 1 aromatic heterocycles. The quantitative estimate of drug-likeness (QED) is 0.774. The van der Waals surface area contributed by atoms with Gasteiger partial charge in [0, 0.05) is 11.4 Å². The first-order chi connectivity index (χ1) is 9.10. The van der Waals surface area contributed by atoms with Crippen molar-refractivity contribution >= 4 is 5.97 Å². The fourth-order valence-electron chi connectivity index (χ4n) is 2.20. The van der Waals surface area contributed by atoms with Crippen molar-refractivity contribution in [1.29, 1.82) is 5.26 Å². The van der Waals surface area contributed by atoms with Gasteiger partial charge in [-0.05, 0) is 32.0 Å². The maximum atomic E-state index is 11.8. The van der Waals surface area contributed by atoms with E-state index in [0.717, 1.165) is 17.1 Å². The van der Waals surface area contributed by atoms with Crippen molar-refractivity contribution in [3.05, 3.63) is 52.8 Å². The van der Waals surface area contributed by atoms with Gasteiger partial charge in [0.2, 0.25) is 0 Å². The molecule has 0 N–H and O–H groups in total. The van der Waals surface area contributed by atoms with Gasteiger partial charge in [0.05, 0.1) is 23.9 Å². The Labute approximate surface area is 111 Å². The molecule has 2 rings (SSSR count). The van der Waals surface area contributed by atoms with Crippen molar-refractivity contribution in [2.75, 3.05) is 7.11 Å². The SMILES string of the molecule is COC(=O)c1ccccc1-n1c(C)cc(C#N)c1C. The summed E-state index contributed by atoms with van der Waals surface area (Å²) in [6.07, 6.45) is 0. The number of methoxy groups -OCH3 is 1. The van der Waals surface area contributed by atoms with Crippen molar-refractivity contribution in [3.63, 3.8) is 0 Å². The van der Waals surface area contributed by atoms with Gasteiger partial charge >= 0.3 is 5.97 Å². The van der Waals surface area contributed by atoms with Crippen molar-refractivity contribution in [3.8, 4) is 11.8 Å². The maximum absolute atomic E-state index is 11.8. The standard InChI is InChI=1S/C15H14N2O2/c1-10-8-12(9-16)11(2)17(10)14-7-5-4-6-13(14)15(18)19-3/h4-8H,1-3H3. The topological polar surface area (TPSA) is 55.0 Å². The van der Waals surface area contributed by atoms with Gasteiger partial charge in [-0.1, -0.05) is 12.1 Å². The third-order valence-electron chi connectivity index (χ3n) is 3.10. The number of rotatable bonds is 2. The minimum Gasteiger partial charge on any atom is -0.465 e. The monoisotopic (exact) mass is 254 g/mol. The summed E-state index contributed by atoms with van der Waals surface area (Å²) in [6.45, 7) is 3.77. The van der Waals surface area contributed by atoms with Crippen LogP contribution in [0.15, 0.2) is 30.3 Å². The van der Waals surface area contributed by atoms with Crippen molar-refractivity contribution in [2.45, 2.75) is 13.8 Å². The summed E-state index contributed by atoms with van der Waals surface area (Å²) in [4.78, 5) is 11.8. The molecule has 4 heteroatoms. The fourth-order valence-corrected chi connectivity index (χ4v) is 2.20. The van der Waals surface area contributed by atoms with Gasteiger partial charge in [-0.25, -0.2) is 4.79 Å². The van der Waals surface area contributed by atoms with Crippen LogP contribution >= 0.6 is 0 Å². The molecule has 0 aliphatic rings. The van der Waals surface area contributed by atoms with Crippen LogP contribution in [0.1, 0.15) is 27.3 Å². The highest BCUT2D eigenvalue weighted by atomic mass is 16.5. The van der Waals surface area contributed by atoms with Crippen LogP contribution in [0.25, 0.3) is 5.69 Å². The minimum absolute atomic E-state index is 0.387. The lowest BCUT2D eigenvalue weighted by molar-refractivity contribution is 0.0601. The number of carbonyl (C=O) groups is 1.